The molecule has 11 heteroatoms. The summed E-state index contributed by atoms with van der Waals surface area (Å²) in [6.45, 7) is 2.46. The molecule has 1 aliphatic rings. The first-order valence-corrected chi connectivity index (χ1v) is 12.7. The second-order valence-corrected chi connectivity index (χ2v) is 10.4. The topological polar surface area (TPSA) is 128 Å². The molecule has 1 unspecified atom stereocenters. The van der Waals surface area contributed by atoms with Crippen LogP contribution in [0.2, 0.25) is 0 Å². The molecule has 1 aliphatic heterocycles. The van der Waals surface area contributed by atoms with E-state index in [1.54, 1.807) is 17.6 Å². The average molecular weight is 613 g/mol. The van der Waals surface area contributed by atoms with Crippen LogP contribution in [0.15, 0.2) is 51.4 Å². The molecule has 1 saturated heterocycles. The molecule has 4 N–H and O–H groups in total. The van der Waals surface area contributed by atoms with Gasteiger partial charge in [0.15, 0.2) is 0 Å². The summed E-state index contributed by atoms with van der Waals surface area (Å²) < 4.78 is 7.68. The highest BCUT2D eigenvalue weighted by atomic mass is 79.9. The lowest BCUT2D eigenvalue weighted by atomic mass is 9.81. The zero-order chi connectivity index (χ0) is 25.6. The Balaban J connectivity index is 1.69. The quantitative estimate of drug-likeness (QED) is 0.173. The highest BCUT2D eigenvalue weighted by Gasteiger charge is 2.47. The number of carboxylic acid groups (broad SMARTS) is 1. The summed E-state index contributed by atoms with van der Waals surface area (Å²) in [5.74, 6) is 0.430. The molecule has 188 valence electrons. The van der Waals surface area contributed by atoms with Crippen LogP contribution in [0.5, 0.6) is 11.5 Å². The summed E-state index contributed by atoms with van der Waals surface area (Å²) in [6, 6.07) is 12.1. The molecule has 0 saturated carbocycles. The lowest BCUT2D eigenvalue weighted by Gasteiger charge is -2.29. The first kappa shape index (κ1) is 27.0. The fourth-order valence-electron chi connectivity index (χ4n) is 4.21. The molecular formula is C24H27Br2N3O6. The Labute approximate surface area is 220 Å². The van der Waals surface area contributed by atoms with Gasteiger partial charge in [-0.2, -0.15) is 0 Å². The highest BCUT2D eigenvalue weighted by Crippen LogP contribution is 2.38. The molecule has 2 aromatic rings. The summed E-state index contributed by atoms with van der Waals surface area (Å²) in [5, 5.41) is 20.1. The van der Waals surface area contributed by atoms with Crippen molar-refractivity contribution in [1.82, 2.24) is 15.7 Å². The van der Waals surface area contributed by atoms with Crippen LogP contribution in [0.1, 0.15) is 38.2 Å². The number of rotatable bonds is 10. The van der Waals surface area contributed by atoms with Crippen LogP contribution in [-0.2, 0) is 15.0 Å². The monoisotopic (exact) mass is 611 g/mol. The maximum absolute atomic E-state index is 13.5. The fraction of sp³-hybridized carbons (Fsp3) is 0.375. The van der Waals surface area contributed by atoms with Crippen molar-refractivity contribution in [3.63, 3.8) is 0 Å². The van der Waals surface area contributed by atoms with E-state index in [2.05, 4.69) is 37.2 Å². The number of hydrogen-bond donors (Lipinski definition) is 4. The van der Waals surface area contributed by atoms with Crippen molar-refractivity contribution in [2.24, 2.45) is 0 Å². The van der Waals surface area contributed by atoms with Crippen LogP contribution in [0, 0.1) is 0 Å². The zero-order valence-electron chi connectivity index (χ0n) is 19.1. The molecule has 0 radical (unpaired) electrons. The van der Waals surface area contributed by atoms with E-state index in [0.717, 1.165) is 14.5 Å². The average Bonchev–Trinajstić information content (AvgIpc) is 3.10. The standard InChI is InChI=1S/C24H27Br2N3O6/c1-24(15-5-7-18(8-6-15)35-19-13-16(25)12-17(26)14-19)9-11-29(22(24)31)20(21(30)28-34)4-2-3-10-27-23(32)33/h5-8,12-14,20,27,34H,2-4,9-11H2,1H3,(H,28,30)(H,32,33)/t20-,24?/m1/s1. The predicted molar refractivity (Wildman–Crippen MR) is 136 cm³/mol. The van der Waals surface area contributed by atoms with Crippen LogP contribution >= 0.6 is 31.9 Å². The van der Waals surface area contributed by atoms with E-state index in [4.69, 9.17) is 9.84 Å². The predicted octanol–water partition coefficient (Wildman–Crippen LogP) is 4.81. The maximum atomic E-state index is 13.5. The summed E-state index contributed by atoms with van der Waals surface area (Å²) in [5.41, 5.74) is 1.65. The second kappa shape index (κ2) is 11.9. The van der Waals surface area contributed by atoms with Crippen LogP contribution in [-0.4, -0.2) is 52.3 Å². The summed E-state index contributed by atoms with van der Waals surface area (Å²) in [6.07, 6.45) is 0.735. The van der Waals surface area contributed by atoms with E-state index in [-0.39, 0.29) is 12.5 Å². The third-order valence-corrected chi connectivity index (χ3v) is 7.03. The normalized spacial score (nSPS) is 18.3. The number of nitrogens with one attached hydrogen (secondary N) is 2. The molecule has 3 rings (SSSR count). The molecule has 0 spiro atoms. The second-order valence-electron chi connectivity index (χ2n) is 8.53. The molecule has 1 heterocycles. The molecule has 0 aliphatic carbocycles. The summed E-state index contributed by atoms with van der Waals surface area (Å²) >= 11 is 6.87. The first-order valence-electron chi connectivity index (χ1n) is 11.1. The van der Waals surface area contributed by atoms with E-state index in [1.807, 2.05) is 37.3 Å². The van der Waals surface area contributed by atoms with Crippen LogP contribution in [0.4, 0.5) is 4.79 Å². The van der Waals surface area contributed by atoms with Crippen molar-refractivity contribution >= 4 is 49.8 Å². The summed E-state index contributed by atoms with van der Waals surface area (Å²) in [7, 11) is 0. The van der Waals surface area contributed by atoms with Gasteiger partial charge in [0.25, 0.3) is 5.91 Å². The van der Waals surface area contributed by atoms with E-state index in [9.17, 15) is 19.6 Å². The van der Waals surface area contributed by atoms with Crippen molar-refractivity contribution in [3.05, 3.63) is 57.0 Å². The van der Waals surface area contributed by atoms with E-state index in [1.165, 1.54) is 4.90 Å². The Hall–Kier alpha value is -2.63. The number of likely N-dealkylation sites (tertiary alicyclic amines) is 1. The molecule has 1 fully saturated rings. The first-order chi connectivity index (χ1) is 16.6. The Morgan fingerprint density at radius 1 is 1.11 bits per heavy atom. The molecule has 2 aromatic carbocycles. The number of hydroxylamine groups is 1. The number of ether oxygens (including phenoxy) is 1. The van der Waals surface area contributed by atoms with Gasteiger partial charge in [-0.3, -0.25) is 14.8 Å². The Kier molecular flexibility index (Phi) is 9.15. The lowest BCUT2D eigenvalue weighted by Crippen LogP contribution is -2.49. The molecular weight excluding hydrogens is 586 g/mol. The SMILES string of the molecule is CC1(c2ccc(Oc3cc(Br)cc(Br)c3)cc2)CCN([C@H](CCCCNC(=O)O)C(=O)NO)C1=O. The minimum Gasteiger partial charge on any atom is -0.465 e. The van der Waals surface area contributed by atoms with Gasteiger partial charge >= 0.3 is 6.09 Å². The fourth-order valence-corrected chi connectivity index (χ4v) is 5.46. The van der Waals surface area contributed by atoms with Crippen LogP contribution in [0.25, 0.3) is 0 Å². The number of halogens is 2. The van der Waals surface area contributed by atoms with Crippen molar-refractivity contribution < 1.29 is 29.4 Å². The van der Waals surface area contributed by atoms with Crippen molar-refractivity contribution in [2.75, 3.05) is 13.1 Å². The molecule has 35 heavy (non-hydrogen) atoms. The van der Waals surface area contributed by atoms with Crippen molar-refractivity contribution in [2.45, 2.75) is 44.1 Å². The van der Waals surface area contributed by atoms with Gasteiger partial charge in [-0.15, -0.1) is 0 Å². The highest BCUT2D eigenvalue weighted by molar-refractivity contribution is 9.11. The smallest absolute Gasteiger partial charge is 0.404 e. The van der Waals surface area contributed by atoms with Crippen molar-refractivity contribution in [3.8, 4) is 11.5 Å². The molecule has 9 nitrogen and oxygen atoms in total. The number of benzene rings is 2. The number of hydrogen-bond acceptors (Lipinski definition) is 5. The largest absolute Gasteiger partial charge is 0.465 e. The van der Waals surface area contributed by atoms with Gasteiger partial charge < -0.3 is 20.1 Å². The minimum absolute atomic E-state index is 0.195. The van der Waals surface area contributed by atoms with Crippen molar-refractivity contribution in [1.29, 1.82) is 0 Å². The van der Waals surface area contributed by atoms with Crippen LogP contribution in [0.3, 0.4) is 0 Å². The van der Waals surface area contributed by atoms with Gasteiger partial charge in [0, 0.05) is 22.0 Å². The van der Waals surface area contributed by atoms with E-state index in [0.29, 0.717) is 43.7 Å². The Morgan fingerprint density at radius 2 is 1.77 bits per heavy atom. The minimum atomic E-state index is -1.11. The number of unbranched alkanes of at least 4 members (excludes halogenated alkanes) is 1. The molecule has 0 aromatic heterocycles. The molecule has 2 atom stereocenters. The van der Waals surface area contributed by atoms with Gasteiger partial charge in [-0.25, -0.2) is 10.3 Å². The Bertz CT molecular complexity index is 1060. The third kappa shape index (κ3) is 6.74. The lowest BCUT2D eigenvalue weighted by molar-refractivity contribution is -0.144. The number of carbonyl (C=O) groups is 3. The number of carbonyl (C=O) groups excluding carboxylic acids is 2. The number of amides is 3. The number of nitrogens with zero attached hydrogens (tertiary/aromatic N) is 1. The van der Waals surface area contributed by atoms with Crippen LogP contribution < -0.4 is 15.5 Å². The Morgan fingerprint density at radius 3 is 2.37 bits per heavy atom. The molecule has 0 bridgehead atoms. The van der Waals surface area contributed by atoms with Gasteiger partial charge in [0.2, 0.25) is 5.91 Å². The van der Waals surface area contributed by atoms with Gasteiger partial charge in [-0.1, -0.05) is 44.0 Å². The van der Waals surface area contributed by atoms with Gasteiger partial charge in [-0.05, 0) is 68.5 Å². The molecule has 3 amide bonds. The zero-order valence-corrected chi connectivity index (χ0v) is 22.3. The van der Waals surface area contributed by atoms with Gasteiger partial charge in [0.05, 0.1) is 5.41 Å². The maximum Gasteiger partial charge on any atom is 0.404 e. The van der Waals surface area contributed by atoms with E-state index < -0.39 is 23.5 Å². The van der Waals surface area contributed by atoms with E-state index >= 15 is 0 Å². The summed E-state index contributed by atoms with van der Waals surface area (Å²) in [4.78, 5) is 37.9. The third-order valence-electron chi connectivity index (χ3n) is 6.12. The van der Waals surface area contributed by atoms with Gasteiger partial charge in [0.1, 0.15) is 17.5 Å².